The van der Waals surface area contributed by atoms with Gasteiger partial charge in [-0.05, 0) is 24.5 Å². The van der Waals surface area contributed by atoms with Gasteiger partial charge < -0.3 is 10.2 Å². The number of halogens is 1. The number of benzene rings is 1. The molecule has 10 heteroatoms. The molecule has 8 nitrogen and oxygen atoms in total. The van der Waals surface area contributed by atoms with Crippen molar-refractivity contribution in [2.75, 3.05) is 25.0 Å². The van der Waals surface area contributed by atoms with Crippen LogP contribution in [-0.4, -0.2) is 54.0 Å². The van der Waals surface area contributed by atoms with Gasteiger partial charge in [0.15, 0.2) is 0 Å². The van der Waals surface area contributed by atoms with Crippen LogP contribution in [-0.2, 0) is 10.0 Å². The van der Waals surface area contributed by atoms with Gasteiger partial charge in [0.2, 0.25) is 10.0 Å². The zero-order valence-electron chi connectivity index (χ0n) is 16.7. The number of urea groups is 1. The number of hydrogen-bond acceptors (Lipinski definition) is 4. The van der Waals surface area contributed by atoms with E-state index in [9.17, 15) is 13.2 Å². The fraction of sp³-hybridized carbons (Fsp3) is 0.474. The minimum Gasteiger partial charge on any atom is -0.323 e. The number of rotatable bonds is 6. The molecular formula is C19H26ClN5O3S. The molecule has 0 bridgehead atoms. The largest absolute Gasteiger partial charge is 0.323 e. The van der Waals surface area contributed by atoms with Crippen LogP contribution in [0.1, 0.15) is 38.8 Å². The number of hydrogen-bond donors (Lipinski definition) is 2. The molecule has 1 aromatic heterocycles. The Morgan fingerprint density at radius 2 is 2.07 bits per heavy atom. The van der Waals surface area contributed by atoms with Crippen molar-refractivity contribution in [2.24, 2.45) is 0 Å². The summed E-state index contributed by atoms with van der Waals surface area (Å²) in [6.45, 7) is 6.64. The quantitative estimate of drug-likeness (QED) is 0.722. The van der Waals surface area contributed by atoms with Gasteiger partial charge >= 0.3 is 6.03 Å². The van der Waals surface area contributed by atoms with Crippen molar-refractivity contribution >= 4 is 33.3 Å². The van der Waals surface area contributed by atoms with Gasteiger partial charge in [0.25, 0.3) is 0 Å². The van der Waals surface area contributed by atoms with Gasteiger partial charge in [0, 0.05) is 19.6 Å². The summed E-state index contributed by atoms with van der Waals surface area (Å²) in [4.78, 5) is 14.3. The van der Waals surface area contributed by atoms with E-state index >= 15 is 0 Å². The molecule has 0 saturated carbocycles. The predicted molar refractivity (Wildman–Crippen MR) is 114 cm³/mol. The third-order valence-electron chi connectivity index (χ3n) is 4.89. The third kappa shape index (κ3) is 4.57. The maximum absolute atomic E-state index is 12.8. The van der Waals surface area contributed by atoms with E-state index < -0.39 is 15.3 Å². The molecule has 1 aliphatic heterocycles. The van der Waals surface area contributed by atoms with Crippen LogP contribution < -0.4 is 10.0 Å². The molecule has 3 rings (SSSR count). The highest BCUT2D eigenvalue weighted by Gasteiger charge is 2.35. The summed E-state index contributed by atoms with van der Waals surface area (Å²) in [5, 5.41) is 7.28. The lowest BCUT2D eigenvalue weighted by atomic mass is 10.1. The van der Waals surface area contributed by atoms with E-state index in [0.29, 0.717) is 30.2 Å². The van der Waals surface area contributed by atoms with Crippen LogP contribution in [0.5, 0.6) is 0 Å². The molecular weight excluding hydrogens is 414 g/mol. The maximum Gasteiger partial charge on any atom is 0.321 e. The first-order valence-electron chi connectivity index (χ1n) is 9.61. The zero-order chi connectivity index (χ0) is 21.2. The summed E-state index contributed by atoms with van der Waals surface area (Å²) in [5.41, 5.74) is 2.14. The molecule has 0 radical (unpaired) electrons. The first-order valence-corrected chi connectivity index (χ1v) is 11.5. The first kappa shape index (κ1) is 21.6. The minimum absolute atomic E-state index is 0.0736. The molecule has 29 heavy (non-hydrogen) atoms. The zero-order valence-corrected chi connectivity index (χ0v) is 18.3. The standard InChI is InChI=1S/C19H26ClN5O3S/c1-4-22-29(27,28)14-9-10-24(12-14)19(26)23-16-11-21-25(18(16)13(2)3)17-8-6-5-7-15(17)20/h5-8,11,13-14,22H,4,9-10,12H2,1-3H3,(H,23,26). The SMILES string of the molecule is CCNS(=O)(=O)C1CCN(C(=O)Nc2cnn(-c3ccccc3Cl)c2C(C)C)C1. The molecule has 158 valence electrons. The number of anilines is 1. The van der Waals surface area contributed by atoms with E-state index in [2.05, 4.69) is 15.1 Å². The Labute approximate surface area is 176 Å². The van der Waals surface area contributed by atoms with Crippen LogP contribution in [0.2, 0.25) is 5.02 Å². The molecule has 0 spiro atoms. The topological polar surface area (TPSA) is 96.3 Å². The minimum atomic E-state index is -3.41. The molecule has 1 aromatic carbocycles. The number of para-hydroxylation sites is 1. The summed E-state index contributed by atoms with van der Waals surface area (Å²) >= 11 is 6.32. The van der Waals surface area contributed by atoms with E-state index in [0.717, 1.165) is 11.4 Å². The monoisotopic (exact) mass is 439 g/mol. The van der Waals surface area contributed by atoms with Crippen molar-refractivity contribution in [3.8, 4) is 5.69 Å². The second kappa shape index (κ2) is 8.73. The lowest BCUT2D eigenvalue weighted by Crippen LogP contribution is -2.39. The first-order chi connectivity index (χ1) is 13.7. The number of likely N-dealkylation sites (tertiary alicyclic amines) is 1. The predicted octanol–water partition coefficient (Wildman–Crippen LogP) is 3.19. The van der Waals surface area contributed by atoms with Gasteiger partial charge in [-0.15, -0.1) is 0 Å². The van der Waals surface area contributed by atoms with Crippen molar-refractivity contribution in [3.05, 3.63) is 41.2 Å². The Morgan fingerprint density at radius 1 is 1.34 bits per heavy atom. The van der Waals surface area contributed by atoms with E-state index in [-0.39, 0.29) is 18.5 Å². The maximum atomic E-state index is 12.8. The molecule has 1 saturated heterocycles. The molecule has 2 amide bonds. The van der Waals surface area contributed by atoms with Crippen LogP contribution in [0, 0.1) is 0 Å². The number of carbonyl (C=O) groups is 1. The van der Waals surface area contributed by atoms with Gasteiger partial charge in [0.1, 0.15) is 0 Å². The van der Waals surface area contributed by atoms with Crippen molar-refractivity contribution in [2.45, 2.75) is 38.4 Å². The number of amides is 2. The third-order valence-corrected chi connectivity index (χ3v) is 7.17. The fourth-order valence-corrected chi connectivity index (χ4v) is 5.15. The second-order valence-corrected chi connectivity index (χ2v) is 9.74. The number of carbonyl (C=O) groups excluding carboxylic acids is 1. The molecule has 1 unspecified atom stereocenters. The second-order valence-electron chi connectivity index (χ2n) is 7.29. The summed E-state index contributed by atoms with van der Waals surface area (Å²) in [6, 6.07) is 7.04. The molecule has 1 aliphatic rings. The average molecular weight is 440 g/mol. The van der Waals surface area contributed by atoms with Crippen LogP contribution in [0.3, 0.4) is 0 Å². The Bertz CT molecular complexity index is 989. The van der Waals surface area contributed by atoms with Crippen molar-refractivity contribution in [1.29, 1.82) is 0 Å². The molecule has 2 N–H and O–H groups in total. The molecule has 2 aromatic rings. The van der Waals surface area contributed by atoms with Gasteiger partial charge in [-0.2, -0.15) is 5.10 Å². The summed E-state index contributed by atoms with van der Waals surface area (Å²) in [7, 11) is -3.41. The highest BCUT2D eigenvalue weighted by molar-refractivity contribution is 7.90. The van der Waals surface area contributed by atoms with Gasteiger partial charge in [-0.1, -0.05) is 44.5 Å². The lowest BCUT2D eigenvalue weighted by Gasteiger charge is -2.19. The van der Waals surface area contributed by atoms with Crippen molar-refractivity contribution < 1.29 is 13.2 Å². The Morgan fingerprint density at radius 3 is 2.72 bits per heavy atom. The summed E-state index contributed by atoms with van der Waals surface area (Å²) < 4.78 is 28.6. The van der Waals surface area contributed by atoms with E-state index in [1.165, 1.54) is 4.90 Å². The van der Waals surface area contributed by atoms with E-state index in [1.54, 1.807) is 23.9 Å². The van der Waals surface area contributed by atoms with Crippen LogP contribution in [0.4, 0.5) is 10.5 Å². The lowest BCUT2D eigenvalue weighted by molar-refractivity contribution is 0.222. The summed E-state index contributed by atoms with van der Waals surface area (Å²) in [6.07, 6.45) is 2.01. The van der Waals surface area contributed by atoms with Gasteiger partial charge in [0.05, 0.1) is 33.5 Å². The fourth-order valence-electron chi connectivity index (χ4n) is 3.50. The van der Waals surface area contributed by atoms with E-state index in [4.69, 9.17) is 11.6 Å². The number of sulfonamides is 1. The molecule has 2 heterocycles. The van der Waals surface area contributed by atoms with E-state index in [1.807, 2.05) is 32.0 Å². The van der Waals surface area contributed by atoms with Gasteiger partial charge in [-0.3, -0.25) is 0 Å². The smallest absolute Gasteiger partial charge is 0.321 e. The highest BCUT2D eigenvalue weighted by Crippen LogP contribution is 2.30. The van der Waals surface area contributed by atoms with Crippen LogP contribution in [0.25, 0.3) is 5.69 Å². The van der Waals surface area contributed by atoms with Crippen LogP contribution in [0.15, 0.2) is 30.5 Å². The summed E-state index contributed by atoms with van der Waals surface area (Å²) in [5.74, 6) is 0.0736. The molecule has 1 atom stereocenters. The van der Waals surface area contributed by atoms with Crippen molar-refractivity contribution in [3.63, 3.8) is 0 Å². The highest BCUT2D eigenvalue weighted by atomic mass is 35.5. The number of nitrogens with one attached hydrogen (secondary N) is 2. The number of aromatic nitrogens is 2. The van der Waals surface area contributed by atoms with Crippen LogP contribution >= 0.6 is 11.6 Å². The number of nitrogens with zero attached hydrogens (tertiary/aromatic N) is 3. The molecule has 1 fully saturated rings. The van der Waals surface area contributed by atoms with Crippen molar-refractivity contribution in [1.82, 2.24) is 19.4 Å². The van der Waals surface area contributed by atoms with Gasteiger partial charge in [-0.25, -0.2) is 22.6 Å². The Hall–Kier alpha value is -2.10. The normalized spacial score (nSPS) is 17.1. The Balaban J connectivity index is 1.79. The average Bonchev–Trinajstić information content (AvgIpc) is 3.30. The Kier molecular flexibility index (Phi) is 6.50. The molecule has 0 aliphatic carbocycles.